The van der Waals surface area contributed by atoms with Crippen molar-refractivity contribution in [3.63, 3.8) is 0 Å². The first-order valence-corrected chi connectivity index (χ1v) is 6.34. The van der Waals surface area contributed by atoms with Crippen LogP contribution in [0.4, 0.5) is 4.79 Å². The second-order valence-corrected chi connectivity index (χ2v) is 4.25. The molecule has 2 rings (SSSR count). The van der Waals surface area contributed by atoms with Crippen LogP contribution in [0.15, 0.2) is 58.7 Å². The minimum Gasteiger partial charge on any atom is -0.508 e. The first kappa shape index (κ1) is 15.0. The molecule has 0 saturated carbocycles. The number of hydrazone groups is 2. The quantitative estimate of drug-likeness (QED) is 0.510. The van der Waals surface area contributed by atoms with E-state index in [0.29, 0.717) is 0 Å². The molecule has 0 atom stereocenters. The van der Waals surface area contributed by atoms with Gasteiger partial charge in [0.25, 0.3) is 0 Å². The molecule has 0 aliphatic rings. The zero-order valence-electron chi connectivity index (χ0n) is 11.5. The molecule has 0 spiro atoms. The number of carbonyl (C=O) groups excluding carboxylic acids is 1. The fourth-order valence-electron chi connectivity index (χ4n) is 1.48. The van der Waals surface area contributed by atoms with Crippen LogP contribution in [0.5, 0.6) is 11.5 Å². The number of phenolic OH excluding ortho intramolecular Hbond substituents is 2. The van der Waals surface area contributed by atoms with Crippen LogP contribution in [0.25, 0.3) is 0 Å². The van der Waals surface area contributed by atoms with E-state index < -0.39 is 6.03 Å². The Morgan fingerprint density at radius 2 is 1.14 bits per heavy atom. The van der Waals surface area contributed by atoms with Crippen molar-refractivity contribution in [2.75, 3.05) is 0 Å². The molecule has 0 bridgehead atoms. The van der Waals surface area contributed by atoms with Crippen molar-refractivity contribution in [3.8, 4) is 11.5 Å². The minimum absolute atomic E-state index is 0.159. The van der Waals surface area contributed by atoms with Gasteiger partial charge >= 0.3 is 6.03 Å². The predicted molar refractivity (Wildman–Crippen MR) is 83.1 cm³/mol. The molecule has 0 saturated heterocycles. The highest BCUT2D eigenvalue weighted by molar-refractivity contribution is 5.83. The van der Waals surface area contributed by atoms with Crippen molar-refractivity contribution in [2.24, 2.45) is 10.2 Å². The summed E-state index contributed by atoms with van der Waals surface area (Å²) in [6.45, 7) is 0. The summed E-state index contributed by atoms with van der Waals surface area (Å²) >= 11 is 0. The van der Waals surface area contributed by atoms with E-state index in [1.807, 2.05) is 0 Å². The number of nitrogens with one attached hydrogen (secondary N) is 2. The molecule has 0 fully saturated rings. The van der Waals surface area contributed by atoms with Crippen LogP contribution in [-0.2, 0) is 0 Å². The lowest BCUT2D eigenvalue weighted by Crippen LogP contribution is -2.28. The first-order valence-electron chi connectivity index (χ1n) is 6.34. The molecule has 7 heteroatoms. The van der Waals surface area contributed by atoms with Gasteiger partial charge in [0.05, 0.1) is 12.4 Å². The maximum absolute atomic E-state index is 11.4. The molecule has 0 heterocycles. The summed E-state index contributed by atoms with van der Waals surface area (Å²) in [5.74, 6) is 0.317. The van der Waals surface area contributed by atoms with E-state index in [2.05, 4.69) is 21.1 Å². The van der Waals surface area contributed by atoms with Crippen molar-refractivity contribution >= 4 is 18.5 Å². The number of aromatic hydroxyl groups is 2. The van der Waals surface area contributed by atoms with Gasteiger partial charge in [-0.3, -0.25) is 0 Å². The highest BCUT2D eigenvalue weighted by Gasteiger charge is 1.95. The number of carbonyl (C=O) groups is 1. The van der Waals surface area contributed by atoms with Gasteiger partial charge in [0.2, 0.25) is 0 Å². The molecule has 7 nitrogen and oxygen atoms in total. The third-order valence-corrected chi connectivity index (χ3v) is 2.55. The number of urea groups is 1. The number of nitrogens with zero attached hydrogens (tertiary/aromatic N) is 2. The highest BCUT2D eigenvalue weighted by Crippen LogP contribution is 2.08. The smallest absolute Gasteiger partial charge is 0.355 e. The van der Waals surface area contributed by atoms with Crippen molar-refractivity contribution < 1.29 is 15.0 Å². The Kier molecular flexibility index (Phi) is 5.09. The van der Waals surface area contributed by atoms with E-state index in [9.17, 15) is 4.79 Å². The SMILES string of the molecule is O=C(N/N=C/c1ccc(O)cc1)N/N=C/c1ccc(O)cc1. The van der Waals surface area contributed by atoms with Crippen LogP contribution in [0.2, 0.25) is 0 Å². The summed E-state index contributed by atoms with van der Waals surface area (Å²) in [5, 5.41) is 25.7. The van der Waals surface area contributed by atoms with Crippen LogP contribution >= 0.6 is 0 Å². The van der Waals surface area contributed by atoms with Gasteiger partial charge < -0.3 is 10.2 Å². The Bertz CT molecular complexity index is 619. The van der Waals surface area contributed by atoms with Crippen LogP contribution in [0.3, 0.4) is 0 Å². The van der Waals surface area contributed by atoms with Gasteiger partial charge in [0.15, 0.2) is 0 Å². The van der Waals surface area contributed by atoms with E-state index in [1.54, 1.807) is 24.3 Å². The van der Waals surface area contributed by atoms with Gasteiger partial charge in [-0.1, -0.05) is 0 Å². The molecule has 22 heavy (non-hydrogen) atoms. The molecule has 112 valence electrons. The topological polar surface area (TPSA) is 106 Å². The first-order chi connectivity index (χ1) is 10.6. The van der Waals surface area contributed by atoms with Gasteiger partial charge in [-0.15, -0.1) is 0 Å². The van der Waals surface area contributed by atoms with Crippen LogP contribution in [0.1, 0.15) is 11.1 Å². The van der Waals surface area contributed by atoms with Crippen LogP contribution < -0.4 is 10.9 Å². The number of hydrogen-bond acceptors (Lipinski definition) is 5. The Hall–Kier alpha value is -3.35. The number of hydrogen-bond donors (Lipinski definition) is 4. The Morgan fingerprint density at radius 1 is 0.773 bits per heavy atom. The Labute approximate surface area is 126 Å². The summed E-state index contributed by atoms with van der Waals surface area (Å²) in [6, 6.07) is 12.1. The Balaban J connectivity index is 1.78. The summed E-state index contributed by atoms with van der Waals surface area (Å²) < 4.78 is 0. The second kappa shape index (κ2) is 7.44. The molecule has 0 aliphatic heterocycles. The molecule has 2 amide bonds. The monoisotopic (exact) mass is 298 g/mol. The molecule has 0 unspecified atom stereocenters. The fraction of sp³-hybridized carbons (Fsp3) is 0. The largest absolute Gasteiger partial charge is 0.508 e. The van der Waals surface area contributed by atoms with E-state index in [1.165, 1.54) is 36.7 Å². The van der Waals surface area contributed by atoms with Gasteiger partial charge in [-0.2, -0.15) is 10.2 Å². The fourth-order valence-corrected chi connectivity index (χ4v) is 1.48. The maximum Gasteiger partial charge on any atom is 0.355 e. The molecule has 0 aromatic heterocycles. The van der Waals surface area contributed by atoms with Crippen LogP contribution in [-0.4, -0.2) is 28.7 Å². The number of phenols is 2. The number of benzene rings is 2. The lowest BCUT2D eigenvalue weighted by molar-refractivity contribution is 0.242. The average molecular weight is 298 g/mol. The lowest BCUT2D eigenvalue weighted by atomic mass is 10.2. The van der Waals surface area contributed by atoms with Gasteiger partial charge in [-0.25, -0.2) is 15.6 Å². The summed E-state index contributed by atoms with van der Waals surface area (Å²) in [5.41, 5.74) is 5.94. The summed E-state index contributed by atoms with van der Waals surface area (Å²) in [4.78, 5) is 11.4. The standard InChI is InChI=1S/C15H14N4O3/c20-13-5-1-11(2-6-13)9-16-18-15(22)19-17-10-12-3-7-14(21)8-4-12/h1-10,20-21H,(H2,18,19,22)/b16-9+,17-10+. The van der Waals surface area contributed by atoms with E-state index in [-0.39, 0.29) is 11.5 Å². The third kappa shape index (κ3) is 4.97. The molecule has 4 N–H and O–H groups in total. The van der Waals surface area contributed by atoms with Crippen molar-refractivity contribution in [1.29, 1.82) is 0 Å². The molecule has 0 aliphatic carbocycles. The molecular weight excluding hydrogens is 284 g/mol. The van der Waals surface area contributed by atoms with Gasteiger partial charge in [0.1, 0.15) is 11.5 Å². The van der Waals surface area contributed by atoms with E-state index in [4.69, 9.17) is 10.2 Å². The lowest BCUT2D eigenvalue weighted by Gasteiger charge is -1.98. The number of rotatable bonds is 4. The normalized spacial score (nSPS) is 10.9. The van der Waals surface area contributed by atoms with Crippen molar-refractivity contribution in [3.05, 3.63) is 59.7 Å². The van der Waals surface area contributed by atoms with E-state index in [0.717, 1.165) is 11.1 Å². The maximum atomic E-state index is 11.4. The zero-order chi connectivity index (χ0) is 15.8. The van der Waals surface area contributed by atoms with Crippen molar-refractivity contribution in [1.82, 2.24) is 10.9 Å². The average Bonchev–Trinajstić information content (AvgIpc) is 2.51. The summed E-state index contributed by atoms with van der Waals surface area (Å²) in [6.07, 6.45) is 2.87. The summed E-state index contributed by atoms with van der Waals surface area (Å²) in [7, 11) is 0. The highest BCUT2D eigenvalue weighted by atomic mass is 16.3. The van der Waals surface area contributed by atoms with E-state index >= 15 is 0 Å². The third-order valence-electron chi connectivity index (χ3n) is 2.55. The molecule has 2 aromatic carbocycles. The van der Waals surface area contributed by atoms with Crippen molar-refractivity contribution in [2.45, 2.75) is 0 Å². The Morgan fingerprint density at radius 3 is 1.50 bits per heavy atom. The molecular formula is C15H14N4O3. The minimum atomic E-state index is -0.593. The molecule has 2 aromatic rings. The number of amides is 2. The van der Waals surface area contributed by atoms with Gasteiger partial charge in [0, 0.05) is 0 Å². The predicted octanol–water partition coefficient (Wildman–Crippen LogP) is 1.76. The second-order valence-electron chi connectivity index (χ2n) is 4.25. The zero-order valence-corrected chi connectivity index (χ0v) is 11.5. The van der Waals surface area contributed by atoms with Gasteiger partial charge in [-0.05, 0) is 59.7 Å². The van der Waals surface area contributed by atoms with Crippen LogP contribution in [0, 0.1) is 0 Å². The molecule has 0 radical (unpaired) electrons.